The molecule has 2 aromatic heterocycles. The van der Waals surface area contributed by atoms with E-state index in [9.17, 15) is 0 Å². The molecule has 3 aliphatic carbocycles. The number of nitrogens with zero attached hydrogens (tertiary/aromatic N) is 4. The minimum Gasteiger partial charge on any atom is -0.334 e. The predicted molar refractivity (Wildman–Crippen MR) is 377 cm³/mol. The lowest BCUT2D eigenvalue weighted by molar-refractivity contribution is 0.195. The van der Waals surface area contributed by atoms with Crippen LogP contribution in [0, 0.1) is 6.92 Å². The first kappa shape index (κ1) is 56.0. The van der Waals surface area contributed by atoms with Gasteiger partial charge in [-0.15, -0.1) is 11.3 Å². The van der Waals surface area contributed by atoms with Crippen LogP contribution in [0.25, 0.3) is 36.9 Å². The average Bonchev–Trinajstić information content (AvgIpc) is 1.63. The van der Waals surface area contributed by atoms with E-state index < -0.39 is 0 Å². The van der Waals surface area contributed by atoms with Crippen molar-refractivity contribution in [2.24, 2.45) is 0 Å². The highest BCUT2D eigenvalue weighted by atomic mass is 32.1. The average molecular weight is 1170 g/mol. The lowest BCUT2D eigenvalue weighted by Crippen LogP contribution is -2.61. The number of benzene rings is 7. The predicted octanol–water partition coefficient (Wildman–Crippen LogP) is 20.6. The fraction of sp³-hybridized carbons (Fsp3) is 0.457. The van der Waals surface area contributed by atoms with Gasteiger partial charge >= 0.3 is 0 Å². The molecule has 6 heterocycles. The maximum Gasteiger partial charge on any atom is 0.252 e. The number of anilines is 7. The van der Waals surface area contributed by atoms with Crippen molar-refractivity contribution in [3.05, 3.63) is 160 Å². The van der Waals surface area contributed by atoms with Crippen molar-refractivity contribution in [3.8, 4) is 5.69 Å². The summed E-state index contributed by atoms with van der Waals surface area (Å²) in [6.45, 7) is 44.6. The highest BCUT2D eigenvalue weighted by molar-refractivity contribution is 7.26. The molecule has 2 saturated carbocycles. The van der Waals surface area contributed by atoms with Crippen LogP contribution in [0.4, 0.5) is 39.8 Å². The Hall–Kier alpha value is -6.24. The quantitative estimate of drug-likeness (QED) is 0.164. The second-order valence-electron chi connectivity index (χ2n) is 33.9. The van der Waals surface area contributed by atoms with Gasteiger partial charge in [-0.2, -0.15) is 0 Å². The van der Waals surface area contributed by atoms with Crippen LogP contribution >= 0.6 is 11.3 Å². The second kappa shape index (κ2) is 17.6. The number of rotatable bonds is 3. The molecule has 0 spiro atoms. The van der Waals surface area contributed by atoms with Crippen molar-refractivity contribution in [3.63, 3.8) is 0 Å². The molecule has 9 aromatic rings. The van der Waals surface area contributed by atoms with Crippen LogP contribution < -0.4 is 31.1 Å². The lowest BCUT2D eigenvalue weighted by Gasteiger charge is -2.51. The van der Waals surface area contributed by atoms with Gasteiger partial charge in [0.25, 0.3) is 6.71 Å². The molecule has 4 nitrogen and oxygen atoms in total. The molecule has 0 bridgehead atoms. The normalized spacial score (nSPS) is 24.9. The topological polar surface area (TPSA) is 14.7 Å². The van der Waals surface area contributed by atoms with Crippen LogP contribution in [-0.4, -0.2) is 22.4 Å². The Morgan fingerprint density at radius 1 is 0.425 bits per heavy atom. The fourth-order valence-electron chi connectivity index (χ4n) is 19.1. The molecule has 4 aliphatic heterocycles. The highest BCUT2D eigenvalue weighted by Crippen LogP contribution is 2.64. The Morgan fingerprint density at radius 3 is 1.56 bits per heavy atom. The Bertz CT molecular complexity index is 4490. The van der Waals surface area contributed by atoms with Crippen molar-refractivity contribution in [2.45, 2.75) is 238 Å². The standard InChI is InChI=1S/C81H93BN4S/c1-48-39-56-57(77(13,14)38-37-76(56,11)12)47-64(48)83-65-44-52(85-62-31-27-49(73(2,3)4)41-58(62)78(15)33-21-23-35-80(78,85)17)29-30-60(65)82-61-43-51(75(8,9)10)40-55-70(61)84(71-54-25-19-20-26-68(54)87-72(55)71)67-46-53(45-66(83)69(67)82)86-63-32-28-50(74(5,6)7)42-59(63)79(16)34-22-24-36-81(79,86)18/h19-20,25-32,39-47H,21-24,33-38H2,1-18H3. The van der Waals surface area contributed by atoms with Gasteiger partial charge in [-0.3, -0.25) is 0 Å². The summed E-state index contributed by atoms with van der Waals surface area (Å²) in [5.41, 5.74) is 29.1. The van der Waals surface area contributed by atoms with E-state index in [0.717, 1.165) is 19.3 Å². The molecule has 87 heavy (non-hydrogen) atoms. The number of fused-ring (bicyclic) bond motifs is 16. The Morgan fingerprint density at radius 2 is 0.966 bits per heavy atom. The van der Waals surface area contributed by atoms with Crippen LogP contribution in [0.15, 0.2) is 115 Å². The summed E-state index contributed by atoms with van der Waals surface area (Å²) in [5, 5.41) is 2.74. The number of aryl methyl sites for hydroxylation is 1. The van der Waals surface area contributed by atoms with Crippen molar-refractivity contribution in [1.82, 2.24) is 4.57 Å². The third kappa shape index (κ3) is 7.32. The van der Waals surface area contributed by atoms with Crippen molar-refractivity contribution >= 4 is 105 Å². The molecule has 7 aliphatic rings. The largest absolute Gasteiger partial charge is 0.334 e. The van der Waals surface area contributed by atoms with Crippen molar-refractivity contribution < 1.29 is 0 Å². The second-order valence-corrected chi connectivity index (χ2v) is 35.0. The molecule has 2 fully saturated rings. The molecule has 0 radical (unpaired) electrons. The maximum absolute atomic E-state index is 2.90. The van der Waals surface area contributed by atoms with Gasteiger partial charge in [-0.1, -0.05) is 190 Å². The Labute approximate surface area is 524 Å². The zero-order chi connectivity index (χ0) is 61.0. The van der Waals surface area contributed by atoms with E-state index in [2.05, 4.69) is 259 Å². The van der Waals surface area contributed by atoms with Crippen LogP contribution in [0.1, 0.15) is 226 Å². The number of aromatic nitrogens is 1. The molecule has 446 valence electrons. The first-order valence-electron chi connectivity index (χ1n) is 33.6. The third-order valence-electron chi connectivity index (χ3n) is 24.9. The zero-order valence-electron chi connectivity index (χ0n) is 55.8. The van der Waals surface area contributed by atoms with E-state index in [0.29, 0.717) is 0 Å². The molecule has 4 unspecified atom stereocenters. The van der Waals surface area contributed by atoms with Crippen LogP contribution in [-0.2, 0) is 37.9 Å². The van der Waals surface area contributed by atoms with E-state index in [1.165, 1.54) is 183 Å². The van der Waals surface area contributed by atoms with Gasteiger partial charge in [0, 0.05) is 71.8 Å². The molecule has 6 heteroatoms. The summed E-state index contributed by atoms with van der Waals surface area (Å²) in [7, 11) is 0. The Balaban J connectivity index is 1.06. The smallest absolute Gasteiger partial charge is 0.252 e. The summed E-state index contributed by atoms with van der Waals surface area (Å²) in [5.74, 6) is 0. The van der Waals surface area contributed by atoms with Crippen LogP contribution in [0.2, 0.25) is 0 Å². The summed E-state index contributed by atoms with van der Waals surface area (Å²) in [6.07, 6.45) is 12.0. The third-order valence-corrected chi connectivity index (χ3v) is 26.1. The fourth-order valence-corrected chi connectivity index (χ4v) is 20.3. The molecule has 0 amide bonds. The summed E-state index contributed by atoms with van der Waals surface area (Å²) in [4.78, 5) is 8.60. The SMILES string of the molecule is Cc1cc2c(cc1N1c3cc(N4c5ccc(C(C)(C)C)cc5C5(C)CCCCC45C)ccc3B3c4c1cc(N1c5ccc(C(C)(C)C)cc5C5(C)CCCCC15C)cc4-n1c4c3cc(C(C)(C)C)cc4c3sc4ccccc4c31)C(C)(C)CCC2(C)C. The van der Waals surface area contributed by atoms with Crippen LogP contribution in [0.5, 0.6) is 0 Å². The first-order valence-corrected chi connectivity index (χ1v) is 34.4. The lowest BCUT2D eigenvalue weighted by atomic mass is 9.33. The summed E-state index contributed by atoms with van der Waals surface area (Å²) in [6, 6.07) is 48.4. The van der Waals surface area contributed by atoms with Crippen LogP contribution in [0.3, 0.4) is 0 Å². The van der Waals surface area contributed by atoms with E-state index >= 15 is 0 Å². The molecule has 0 N–H and O–H groups in total. The van der Waals surface area contributed by atoms with E-state index in [1.54, 1.807) is 0 Å². The molecule has 16 rings (SSSR count). The van der Waals surface area contributed by atoms with Gasteiger partial charge in [-0.05, 0) is 202 Å². The summed E-state index contributed by atoms with van der Waals surface area (Å²) < 4.78 is 5.55. The number of thiophene rings is 1. The molecule has 4 atom stereocenters. The number of hydrogen-bond donors (Lipinski definition) is 0. The van der Waals surface area contributed by atoms with Crippen molar-refractivity contribution in [2.75, 3.05) is 14.7 Å². The Kier molecular flexibility index (Phi) is 11.3. The van der Waals surface area contributed by atoms with Gasteiger partial charge < -0.3 is 19.3 Å². The van der Waals surface area contributed by atoms with E-state index in [4.69, 9.17) is 0 Å². The van der Waals surface area contributed by atoms with E-state index in [1.807, 2.05) is 11.3 Å². The summed E-state index contributed by atoms with van der Waals surface area (Å²) >= 11 is 1.99. The van der Waals surface area contributed by atoms with Gasteiger partial charge in [0.15, 0.2) is 0 Å². The molecule has 0 saturated heterocycles. The van der Waals surface area contributed by atoms with Gasteiger partial charge in [-0.25, -0.2) is 0 Å². The van der Waals surface area contributed by atoms with Gasteiger partial charge in [0.05, 0.1) is 26.8 Å². The van der Waals surface area contributed by atoms with Gasteiger partial charge in [0.1, 0.15) is 0 Å². The first-order chi connectivity index (χ1) is 40.9. The minimum absolute atomic E-state index is 0.00446. The van der Waals surface area contributed by atoms with E-state index in [-0.39, 0.29) is 55.7 Å². The zero-order valence-corrected chi connectivity index (χ0v) is 56.6. The molecular formula is C81H93BN4S. The van der Waals surface area contributed by atoms with Crippen molar-refractivity contribution in [1.29, 1.82) is 0 Å². The molecule has 7 aromatic carbocycles. The molecular weight excluding hydrogens is 1070 g/mol. The maximum atomic E-state index is 2.90. The monoisotopic (exact) mass is 1160 g/mol. The van der Waals surface area contributed by atoms with Gasteiger partial charge in [0.2, 0.25) is 0 Å². The number of hydrogen-bond acceptors (Lipinski definition) is 4. The highest BCUT2D eigenvalue weighted by Gasteiger charge is 2.60. The minimum atomic E-state index is -0.158.